The predicted octanol–water partition coefficient (Wildman–Crippen LogP) is 3.64. The molecule has 0 bridgehead atoms. The average Bonchev–Trinajstić information content (AvgIpc) is 2.82. The van der Waals surface area contributed by atoms with E-state index in [9.17, 15) is 9.59 Å². The first-order chi connectivity index (χ1) is 10.7. The Labute approximate surface area is 129 Å². The Morgan fingerprint density at radius 3 is 2.50 bits per heavy atom. The SMILES string of the molecule is C=CCN1C(=O)c2ccccc2C1CC(=O)c1ccccc1. The Bertz CT molecular complexity index is 721. The standard InChI is InChI=1S/C19H17NO2/c1-2-12-20-17(13-18(21)14-8-4-3-5-9-14)15-10-6-7-11-16(15)19(20)22/h2-11,17H,1,12-13H2. The normalized spacial score (nSPS) is 16.5. The zero-order chi connectivity index (χ0) is 15.5. The van der Waals surface area contributed by atoms with Crippen molar-refractivity contribution < 1.29 is 9.59 Å². The van der Waals surface area contributed by atoms with Gasteiger partial charge in [-0.3, -0.25) is 9.59 Å². The van der Waals surface area contributed by atoms with Gasteiger partial charge in [-0.1, -0.05) is 54.6 Å². The third-order valence-corrected chi connectivity index (χ3v) is 3.99. The summed E-state index contributed by atoms with van der Waals surface area (Å²) in [5.41, 5.74) is 2.30. The lowest BCUT2D eigenvalue weighted by atomic mass is 9.97. The van der Waals surface area contributed by atoms with E-state index in [1.807, 2.05) is 54.6 Å². The fourth-order valence-electron chi connectivity index (χ4n) is 2.93. The molecule has 1 amide bonds. The van der Waals surface area contributed by atoms with Crippen LogP contribution in [0.4, 0.5) is 0 Å². The summed E-state index contributed by atoms with van der Waals surface area (Å²) < 4.78 is 0. The number of fused-ring (bicyclic) bond motifs is 1. The van der Waals surface area contributed by atoms with Gasteiger partial charge in [0.05, 0.1) is 6.04 Å². The van der Waals surface area contributed by atoms with Crippen LogP contribution in [0, 0.1) is 0 Å². The molecule has 1 heterocycles. The Balaban J connectivity index is 1.92. The highest BCUT2D eigenvalue weighted by Crippen LogP contribution is 2.36. The van der Waals surface area contributed by atoms with E-state index in [1.165, 1.54) is 0 Å². The van der Waals surface area contributed by atoms with Crippen molar-refractivity contribution in [2.75, 3.05) is 6.54 Å². The zero-order valence-corrected chi connectivity index (χ0v) is 12.2. The number of rotatable bonds is 5. The quantitative estimate of drug-likeness (QED) is 0.623. The van der Waals surface area contributed by atoms with Gasteiger partial charge in [0.1, 0.15) is 0 Å². The second-order valence-corrected chi connectivity index (χ2v) is 5.34. The molecule has 3 heteroatoms. The van der Waals surface area contributed by atoms with Crippen molar-refractivity contribution >= 4 is 11.7 Å². The number of carbonyl (C=O) groups excluding carboxylic acids is 2. The summed E-state index contributed by atoms with van der Waals surface area (Å²) in [6.07, 6.45) is 1.99. The Kier molecular flexibility index (Phi) is 3.88. The first-order valence-electron chi connectivity index (χ1n) is 7.31. The molecule has 0 spiro atoms. The third-order valence-electron chi connectivity index (χ3n) is 3.99. The van der Waals surface area contributed by atoms with E-state index in [-0.39, 0.29) is 17.7 Å². The summed E-state index contributed by atoms with van der Waals surface area (Å²) in [5.74, 6) is 0.0190. The van der Waals surface area contributed by atoms with Crippen LogP contribution in [0.3, 0.4) is 0 Å². The molecular weight excluding hydrogens is 274 g/mol. The minimum absolute atomic E-state index is 0.0265. The lowest BCUT2D eigenvalue weighted by Crippen LogP contribution is -2.29. The van der Waals surface area contributed by atoms with E-state index in [0.29, 0.717) is 24.1 Å². The van der Waals surface area contributed by atoms with E-state index in [1.54, 1.807) is 11.0 Å². The number of Topliss-reactive ketones (excluding diaryl/α,β-unsaturated/α-hetero) is 1. The number of carbonyl (C=O) groups is 2. The van der Waals surface area contributed by atoms with Crippen molar-refractivity contribution in [3.05, 3.63) is 83.9 Å². The molecule has 0 saturated heterocycles. The van der Waals surface area contributed by atoms with Gasteiger partial charge in [0.25, 0.3) is 5.91 Å². The molecule has 0 N–H and O–H groups in total. The smallest absolute Gasteiger partial charge is 0.255 e. The van der Waals surface area contributed by atoms with Crippen molar-refractivity contribution in [2.24, 2.45) is 0 Å². The molecule has 110 valence electrons. The molecule has 1 atom stereocenters. The predicted molar refractivity (Wildman–Crippen MR) is 85.8 cm³/mol. The summed E-state index contributed by atoms with van der Waals surface area (Å²) >= 11 is 0. The van der Waals surface area contributed by atoms with Gasteiger partial charge in [-0.25, -0.2) is 0 Å². The van der Waals surface area contributed by atoms with Gasteiger partial charge in [0, 0.05) is 24.1 Å². The summed E-state index contributed by atoms with van der Waals surface area (Å²) in [6, 6.07) is 16.5. The van der Waals surface area contributed by atoms with Crippen LogP contribution in [0.5, 0.6) is 0 Å². The van der Waals surface area contributed by atoms with E-state index in [0.717, 1.165) is 5.56 Å². The van der Waals surface area contributed by atoms with Crippen LogP contribution in [0.25, 0.3) is 0 Å². The van der Waals surface area contributed by atoms with Gasteiger partial charge in [0.2, 0.25) is 0 Å². The van der Waals surface area contributed by atoms with Crippen LogP contribution in [0.2, 0.25) is 0 Å². The van der Waals surface area contributed by atoms with E-state index in [4.69, 9.17) is 0 Å². The van der Waals surface area contributed by atoms with Crippen LogP contribution in [0.15, 0.2) is 67.3 Å². The molecule has 1 aliphatic heterocycles. The highest BCUT2D eigenvalue weighted by Gasteiger charge is 2.36. The average molecular weight is 291 g/mol. The fraction of sp³-hybridized carbons (Fsp3) is 0.158. The second kappa shape index (κ2) is 5.98. The molecule has 0 fully saturated rings. The molecule has 1 unspecified atom stereocenters. The van der Waals surface area contributed by atoms with Crippen molar-refractivity contribution in [2.45, 2.75) is 12.5 Å². The number of amides is 1. The number of ketones is 1. The Morgan fingerprint density at radius 1 is 1.09 bits per heavy atom. The molecule has 1 aliphatic rings. The monoisotopic (exact) mass is 291 g/mol. The van der Waals surface area contributed by atoms with Gasteiger partial charge in [-0.05, 0) is 11.6 Å². The Morgan fingerprint density at radius 2 is 1.77 bits per heavy atom. The topological polar surface area (TPSA) is 37.4 Å². The van der Waals surface area contributed by atoms with E-state index < -0.39 is 0 Å². The number of hydrogen-bond donors (Lipinski definition) is 0. The maximum absolute atomic E-state index is 12.5. The van der Waals surface area contributed by atoms with Gasteiger partial charge in [-0.15, -0.1) is 6.58 Å². The molecular formula is C19H17NO2. The van der Waals surface area contributed by atoms with E-state index >= 15 is 0 Å². The van der Waals surface area contributed by atoms with Crippen molar-refractivity contribution in [1.82, 2.24) is 4.90 Å². The molecule has 3 nitrogen and oxygen atoms in total. The van der Waals surface area contributed by atoms with Crippen molar-refractivity contribution in [3.8, 4) is 0 Å². The molecule has 3 rings (SSSR count). The molecule has 0 saturated carbocycles. The molecule has 0 aliphatic carbocycles. The second-order valence-electron chi connectivity index (χ2n) is 5.34. The van der Waals surface area contributed by atoms with Crippen LogP contribution in [-0.4, -0.2) is 23.1 Å². The first-order valence-corrected chi connectivity index (χ1v) is 7.31. The lowest BCUT2D eigenvalue weighted by Gasteiger charge is -2.23. The van der Waals surface area contributed by atoms with Crippen LogP contribution < -0.4 is 0 Å². The summed E-state index contributed by atoms with van der Waals surface area (Å²) in [6.45, 7) is 4.16. The summed E-state index contributed by atoms with van der Waals surface area (Å²) in [4.78, 5) is 26.7. The fourth-order valence-corrected chi connectivity index (χ4v) is 2.93. The highest BCUT2D eigenvalue weighted by molar-refractivity contribution is 6.02. The maximum Gasteiger partial charge on any atom is 0.255 e. The van der Waals surface area contributed by atoms with Gasteiger partial charge in [0.15, 0.2) is 5.78 Å². The van der Waals surface area contributed by atoms with Crippen LogP contribution >= 0.6 is 0 Å². The first kappa shape index (κ1) is 14.3. The van der Waals surface area contributed by atoms with Gasteiger partial charge < -0.3 is 4.90 Å². The maximum atomic E-state index is 12.5. The summed E-state index contributed by atoms with van der Waals surface area (Å²) in [5, 5.41) is 0. The number of hydrogen-bond acceptors (Lipinski definition) is 2. The van der Waals surface area contributed by atoms with Gasteiger partial charge in [-0.2, -0.15) is 0 Å². The minimum atomic E-state index is -0.214. The highest BCUT2D eigenvalue weighted by atomic mass is 16.2. The van der Waals surface area contributed by atoms with Gasteiger partial charge >= 0.3 is 0 Å². The van der Waals surface area contributed by atoms with Crippen LogP contribution in [0.1, 0.15) is 38.7 Å². The van der Waals surface area contributed by atoms with Crippen LogP contribution in [-0.2, 0) is 0 Å². The minimum Gasteiger partial charge on any atom is -0.327 e. The lowest BCUT2D eigenvalue weighted by molar-refractivity contribution is 0.0726. The number of nitrogens with zero attached hydrogens (tertiary/aromatic N) is 1. The molecule has 0 radical (unpaired) electrons. The molecule has 2 aromatic rings. The van der Waals surface area contributed by atoms with Crippen molar-refractivity contribution in [1.29, 1.82) is 0 Å². The van der Waals surface area contributed by atoms with Crippen molar-refractivity contribution in [3.63, 3.8) is 0 Å². The largest absolute Gasteiger partial charge is 0.327 e. The van der Waals surface area contributed by atoms with E-state index in [2.05, 4.69) is 6.58 Å². The molecule has 22 heavy (non-hydrogen) atoms. The Hall–Kier alpha value is -2.68. The summed E-state index contributed by atoms with van der Waals surface area (Å²) in [7, 11) is 0. The third kappa shape index (κ3) is 2.46. The molecule has 0 aromatic heterocycles. The number of benzene rings is 2. The molecule has 2 aromatic carbocycles. The zero-order valence-electron chi connectivity index (χ0n) is 12.2.